The van der Waals surface area contributed by atoms with E-state index in [-0.39, 0.29) is 23.9 Å². The predicted molar refractivity (Wildman–Crippen MR) is 76.9 cm³/mol. The maximum Gasteiger partial charge on any atom is 0.336 e. The van der Waals surface area contributed by atoms with E-state index in [1.54, 1.807) is 6.92 Å². The fourth-order valence-electron chi connectivity index (χ4n) is 2.80. The van der Waals surface area contributed by atoms with Crippen LogP contribution in [0.4, 0.5) is 11.4 Å². The fourth-order valence-corrected chi connectivity index (χ4v) is 2.80. The van der Waals surface area contributed by atoms with Gasteiger partial charge >= 0.3 is 5.97 Å². The molecule has 0 radical (unpaired) electrons. The second-order valence-corrected chi connectivity index (χ2v) is 5.23. The van der Waals surface area contributed by atoms with E-state index >= 15 is 0 Å². The second-order valence-electron chi connectivity index (χ2n) is 5.23. The van der Waals surface area contributed by atoms with E-state index in [9.17, 15) is 20.0 Å². The normalized spacial score (nSPS) is 18.6. The van der Waals surface area contributed by atoms with Crippen LogP contribution in [0.2, 0.25) is 0 Å². The molecule has 0 spiro atoms. The molecule has 1 heterocycles. The second kappa shape index (κ2) is 6.09. The van der Waals surface area contributed by atoms with Crippen LogP contribution in [0.25, 0.3) is 0 Å². The number of piperidine rings is 1. The molecule has 21 heavy (non-hydrogen) atoms. The number of hydrogen-bond acceptors (Lipinski definition) is 5. The number of aliphatic hydroxyl groups excluding tert-OH is 1. The quantitative estimate of drug-likeness (QED) is 0.649. The number of nitro benzene ring substituents is 1. The van der Waals surface area contributed by atoms with Crippen LogP contribution in [0.1, 0.15) is 35.2 Å². The third kappa shape index (κ3) is 2.97. The molecule has 1 aromatic carbocycles. The molecule has 0 aliphatic carbocycles. The number of rotatable bonds is 4. The van der Waals surface area contributed by atoms with E-state index in [0.29, 0.717) is 17.8 Å². The summed E-state index contributed by atoms with van der Waals surface area (Å²) >= 11 is 0. The maximum absolute atomic E-state index is 11.2. The molecule has 114 valence electrons. The van der Waals surface area contributed by atoms with Gasteiger partial charge in [0.2, 0.25) is 0 Å². The monoisotopic (exact) mass is 294 g/mol. The molecular weight excluding hydrogens is 276 g/mol. The molecule has 0 bridgehead atoms. The summed E-state index contributed by atoms with van der Waals surface area (Å²) in [5.74, 6) is -1.20. The van der Waals surface area contributed by atoms with Crippen molar-refractivity contribution in [2.24, 2.45) is 0 Å². The molecule has 1 saturated heterocycles. The third-order valence-corrected chi connectivity index (χ3v) is 3.94. The average Bonchev–Trinajstić information content (AvgIpc) is 2.46. The number of nitro groups is 1. The molecule has 1 aliphatic heterocycles. The molecule has 0 amide bonds. The molecule has 1 unspecified atom stereocenters. The van der Waals surface area contributed by atoms with E-state index in [0.717, 1.165) is 25.3 Å². The molecule has 0 aromatic heterocycles. The van der Waals surface area contributed by atoms with Crippen molar-refractivity contribution in [3.8, 4) is 0 Å². The molecule has 7 heteroatoms. The Morgan fingerprint density at radius 3 is 2.76 bits per heavy atom. The Balaban J connectivity index is 2.55. The van der Waals surface area contributed by atoms with Gasteiger partial charge in [-0.3, -0.25) is 10.1 Å². The molecule has 1 aromatic rings. The molecule has 7 nitrogen and oxygen atoms in total. The molecule has 2 rings (SSSR count). The highest BCUT2D eigenvalue weighted by Gasteiger charge is 2.27. The zero-order valence-electron chi connectivity index (χ0n) is 11.8. The van der Waals surface area contributed by atoms with Crippen molar-refractivity contribution in [3.63, 3.8) is 0 Å². The number of carboxylic acids is 1. The molecule has 0 saturated carbocycles. The van der Waals surface area contributed by atoms with Gasteiger partial charge in [-0.1, -0.05) is 0 Å². The number of nitrogens with zero attached hydrogens (tertiary/aromatic N) is 2. The van der Waals surface area contributed by atoms with Crippen LogP contribution in [0, 0.1) is 17.0 Å². The highest BCUT2D eigenvalue weighted by molar-refractivity contribution is 5.90. The lowest BCUT2D eigenvalue weighted by atomic mass is 9.99. The van der Waals surface area contributed by atoms with Gasteiger partial charge in [0, 0.05) is 18.3 Å². The summed E-state index contributed by atoms with van der Waals surface area (Å²) < 4.78 is 0. The molecule has 1 aliphatic rings. The van der Waals surface area contributed by atoms with Crippen molar-refractivity contribution >= 4 is 17.3 Å². The first-order valence-corrected chi connectivity index (χ1v) is 6.85. The zero-order chi connectivity index (χ0) is 15.6. The standard InChI is InChI=1S/C14H18N2O5/c1-9-12(15-5-3-2-4-11(15)8-17)6-10(14(18)19)7-13(9)16(20)21/h6-7,11,17H,2-5,8H2,1H3,(H,18,19). The largest absolute Gasteiger partial charge is 0.478 e. The SMILES string of the molecule is Cc1c(N2CCCCC2CO)cc(C(=O)O)cc1[N+](=O)[O-]. The minimum absolute atomic E-state index is 0.0511. The zero-order valence-corrected chi connectivity index (χ0v) is 11.8. The molecule has 1 fully saturated rings. The topological polar surface area (TPSA) is 104 Å². The van der Waals surface area contributed by atoms with E-state index in [1.165, 1.54) is 6.07 Å². The van der Waals surface area contributed by atoms with Gasteiger partial charge in [0.15, 0.2) is 0 Å². The van der Waals surface area contributed by atoms with E-state index < -0.39 is 10.9 Å². The summed E-state index contributed by atoms with van der Waals surface area (Å²) in [4.78, 5) is 23.6. The van der Waals surface area contributed by atoms with Crippen LogP contribution in [0.3, 0.4) is 0 Å². The van der Waals surface area contributed by atoms with Crippen molar-refractivity contribution in [1.29, 1.82) is 0 Å². The summed E-state index contributed by atoms with van der Waals surface area (Å²) in [7, 11) is 0. The Hall–Kier alpha value is -2.15. The van der Waals surface area contributed by atoms with Gasteiger partial charge in [-0.25, -0.2) is 4.79 Å². The number of hydrogen-bond donors (Lipinski definition) is 2. The van der Waals surface area contributed by atoms with Crippen molar-refractivity contribution in [2.45, 2.75) is 32.2 Å². The van der Waals surface area contributed by atoms with Crippen LogP contribution in [0.15, 0.2) is 12.1 Å². The summed E-state index contributed by atoms with van der Waals surface area (Å²) in [6.07, 6.45) is 2.70. The van der Waals surface area contributed by atoms with Crippen molar-refractivity contribution in [3.05, 3.63) is 33.4 Å². The Morgan fingerprint density at radius 1 is 1.48 bits per heavy atom. The summed E-state index contributed by atoms with van der Waals surface area (Å²) in [5.41, 5.74) is 0.655. The van der Waals surface area contributed by atoms with Crippen molar-refractivity contribution in [2.75, 3.05) is 18.1 Å². The minimum atomic E-state index is -1.20. The van der Waals surface area contributed by atoms with Gasteiger partial charge in [-0.15, -0.1) is 0 Å². The van der Waals surface area contributed by atoms with Crippen LogP contribution < -0.4 is 4.90 Å². The van der Waals surface area contributed by atoms with Crippen LogP contribution in [-0.4, -0.2) is 40.3 Å². The van der Waals surface area contributed by atoms with E-state index in [1.807, 2.05) is 4.90 Å². The Bertz CT molecular complexity index is 573. The lowest BCUT2D eigenvalue weighted by molar-refractivity contribution is -0.385. The first-order chi connectivity index (χ1) is 9.95. The Kier molecular flexibility index (Phi) is 4.42. The van der Waals surface area contributed by atoms with Gasteiger partial charge in [0.05, 0.1) is 28.7 Å². The minimum Gasteiger partial charge on any atom is -0.478 e. The third-order valence-electron chi connectivity index (χ3n) is 3.94. The summed E-state index contributed by atoms with van der Waals surface area (Å²) in [5, 5.41) is 29.7. The highest BCUT2D eigenvalue weighted by Crippen LogP contribution is 2.34. The smallest absolute Gasteiger partial charge is 0.336 e. The van der Waals surface area contributed by atoms with Crippen LogP contribution in [-0.2, 0) is 0 Å². The van der Waals surface area contributed by atoms with Crippen molar-refractivity contribution in [1.82, 2.24) is 0 Å². The van der Waals surface area contributed by atoms with Gasteiger partial charge in [0.25, 0.3) is 5.69 Å². The van der Waals surface area contributed by atoms with Crippen LogP contribution in [0.5, 0.6) is 0 Å². The molecular formula is C14H18N2O5. The number of carboxylic acid groups (broad SMARTS) is 1. The first kappa shape index (κ1) is 15.2. The highest BCUT2D eigenvalue weighted by atomic mass is 16.6. The van der Waals surface area contributed by atoms with Gasteiger partial charge < -0.3 is 15.1 Å². The summed E-state index contributed by atoms with van der Waals surface area (Å²) in [6.45, 7) is 2.22. The van der Waals surface area contributed by atoms with Crippen molar-refractivity contribution < 1.29 is 19.9 Å². The first-order valence-electron chi connectivity index (χ1n) is 6.85. The van der Waals surface area contributed by atoms with E-state index in [4.69, 9.17) is 5.11 Å². The summed E-state index contributed by atoms with van der Waals surface area (Å²) in [6, 6.07) is 2.42. The lowest BCUT2D eigenvalue weighted by Gasteiger charge is -2.37. The number of carbonyl (C=O) groups is 1. The maximum atomic E-state index is 11.2. The lowest BCUT2D eigenvalue weighted by Crippen LogP contribution is -2.42. The number of aromatic carboxylic acids is 1. The Morgan fingerprint density at radius 2 is 2.19 bits per heavy atom. The van der Waals surface area contributed by atoms with E-state index in [2.05, 4.69) is 0 Å². The predicted octanol–water partition coefficient (Wildman–Crippen LogP) is 1.95. The molecule has 2 N–H and O–H groups in total. The van der Waals surface area contributed by atoms with Gasteiger partial charge in [-0.2, -0.15) is 0 Å². The molecule has 1 atom stereocenters. The number of aliphatic hydroxyl groups is 1. The van der Waals surface area contributed by atoms with Gasteiger partial charge in [0.1, 0.15) is 0 Å². The van der Waals surface area contributed by atoms with Crippen LogP contribution >= 0.6 is 0 Å². The Labute approximate surface area is 122 Å². The number of benzene rings is 1. The van der Waals surface area contributed by atoms with Gasteiger partial charge in [-0.05, 0) is 32.3 Å². The number of anilines is 1. The average molecular weight is 294 g/mol. The fraction of sp³-hybridized carbons (Fsp3) is 0.500.